The van der Waals surface area contributed by atoms with Crippen LogP contribution in [0.1, 0.15) is 26.3 Å². The highest BCUT2D eigenvalue weighted by molar-refractivity contribution is 9.10. The first-order valence-corrected chi connectivity index (χ1v) is 6.30. The molecule has 1 aromatic heterocycles. The van der Waals surface area contributed by atoms with Crippen molar-refractivity contribution in [1.82, 2.24) is 9.88 Å². The number of carbonyl (C=O) groups is 1. The fourth-order valence-corrected chi connectivity index (χ4v) is 1.93. The van der Waals surface area contributed by atoms with Crippen LogP contribution in [-0.2, 0) is 18.3 Å². The van der Waals surface area contributed by atoms with Gasteiger partial charge in [0.2, 0.25) is 0 Å². The Balaban J connectivity index is 2.70. The molecule has 0 saturated carbocycles. The number of aromatic nitrogens is 1. The van der Waals surface area contributed by atoms with Crippen molar-refractivity contribution >= 4 is 22.0 Å². The van der Waals surface area contributed by atoms with E-state index < -0.39 is 11.7 Å². The third-order valence-electron chi connectivity index (χ3n) is 2.05. The molecule has 6 heteroatoms. The molecule has 0 bridgehead atoms. The Kier molecular flexibility index (Phi) is 4.56. The molecule has 0 aliphatic carbocycles. The zero-order valence-electron chi connectivity index (χ0n) is 10.9. The average molecular weight is 317 g/mol. The molecule has 0 saturated heterocycles. The molecule has 1 amide bonds. The number of carbonyl (C=O) groups excluding carboxylic acids is 1. The summed E-state index contributed by atoms with van der Waals surface area (Å²) < 4.78 is 7.33. The molecule has 0 aliphatic rings. The first kappa shape index (κ1) is 14.8. The molecule has 0 aliphatic heterocycles. The molecular weight excluding hydrogens is 300 g/mol. The van der Waals surface area contributed by atoms with Crippen LogP contribution in [0, 0.1) is 0 Å². The van der Waals surface area contributed by atoms with Gasteiger partial charge in [0.15, 0.2) is 0 Å². The van der Waals surface area contributed by atoms with Gasteiger partial charge in [0.25, 0.3) is 5.56 Å². The van der Waals surface area contributed by atoms with Crippen molar-refractivity contribution in [2.75, 3.05) is 0 Å². The summed E-state index contributed by atoms with van der Waals surface area (Å²) in [5.41, 5.74) is -0.196. The molecule has 5 nitrogen and oxygen atoms in total. The van der Waals surface area contributed by atoms with E-state index in [0.717, 1.165) is 4.47 Å². The molecule has 18 heavy (non-hydrogen) atoms. The van der Waals surface area contributed by atoms with Crippen molar-refractivity contribution < 1.29 is 9.53 Å². The second-order valence-electron chi connectivity index (χ2n) is 4.96. The summed E-state index contributed by atoms with van der Waals surface area (Å²) in [6, 6.07) is 1.68. The van der Waals surface area contributed by atoms with Crippen molar-refractivity contribution in [2.24, 2.45) is 7.05 Å². The smallest absolute Gasteiger partial charge is 0.407 e. The standard InChI is InChI=1S/C12H17BrN2O3/c1-12(2,3)18-11(17)14-6-8-5-9(13)7-15(4)10(8)16/h5,7H,6H2,1-4H3,(H,14,17). The second-order valence-corrected chi connectivity index (χ2v) is 5.87. The summed E-state index contributed by atoms with van der Waals surface area (Å²) in [6.07, 6.45) is 1.13. The third-order valence-corrected chi connectivity index (χ3v) is 2.48. The number of amides is 1. The fourth-order valence-electron chi connectivity index (χ4n) is 1.34. The lowest BCUT2D eigenvalue weighted by Crippen LogP contribution is -2.34. The minimum Gasteiger partial charge on any atom is -0.444 e. The van der Waals surface area contributed by atoms with E-state index in [1.807, 2.05) is 0 Å². The second kappa shape index (κ2) is 5.56. The Hall–Kier alpha value is -1.30. The summed E-state index contributed by atoms with van der Waals surface area (Å²) in [7, 11) is 1.66. The van der Waals surface area contributed by atoms with Crippen molar-refractivity contribution in [3.05, 3.63) is 32.7 Å². The van der Waals surface area contributed by atoms with Crippen LogP contribution in [0.15, 0.2) is 21.5 Å². The molecule has 0 aromatic carbocycles. The minimum absolute atomic E-state index is 0.140. The summed E-state index contributed by atoms with van der Waals surface area (Å²) in [6.45, 7) is 5.49. The number of hydrogen-bond donors (Lipinski definition) is 1. The van der Waals surface area contributed by atoms with Gasteiger partial charge in [-0.1, -0.05) is 0 Å². The van der Waals surface area contributed by atoms with E-state index >= 15 is 0 Å². The normalized spacial score (nSPS) is 11.2. The van der Waals surface area contributed by atoms with Gasteiger partial charge < -0.3 is 14.6 Å². The number of hydrogen-bond acceptors (Lipinski definition) is 3. The summed E-state index contributed by atoms with van der Waals surface area (Å²) >= 11 is 3.30. The van der Waals surface area contributed by atoms with Gasteiger partial charge in [-0.15, -0.1) is 0 Å². The number of rotatable bonds is 2. The van der Waals surface area contributed by atoms with E-state index in [4.69, 9.17) is 4.74 Å². The summed E-state index contributed by atoms with van der Waals surface area (Å²) in [5.74, 6) is 0. The largest absolute Gasteiger partial charge is 0.444 e. The van der Waals surface area contributed by atoms with E-state index in [2.05, 4.69) is 21.2 Å². The lowest BCUT2D eigenvalue weighted by atomic mass is 10.2. The average Bonchev–Trinajstić information content (AvgIpc) is 2.18. The number of ether oxygens (including phenoxy) is 1. The van der Waals surface area contributed by atoms with Crippen LogP contribution in [0.4, 0.5) is 4.79 Å². The van der Waals surface area contributed by atoms with Gasteiger partial charge in [-0.25, -0.2) is 4.79 Å². The highest BCUT2D eigenvalue weighted by Gasteiger charge is 2.16. The number of aryl methyl sites for hydroxylation is 1. The third kappa shape index (κ3) is 4.52. The quantitative estimate of drug-likeness (QED) is 0.909. The van der Waals surface area contributed by atoms with Gasteiger partial charge in [0.05, 0.1) is 6.54 Å². The number of nitrogens with zero attached hydrogens (tertiary/aromatic N) is 1. The topological polar surface area (TPSA) is 60.3 Å². The Morgan fingerprint density at radius 2 is 2.11 bits per heavy atom. The van der Waals surface area contributed by atoms with Crippen molar-refractivity contribution in [2.45, 2.75) is 32.9 Å². The van der Waals surface area contributed by atoms with Gasteiger partial charge in [0, 0.05) is 23.3 Å². The molecule has 0 atom stereocenters. The monoisotopic (exact) mass is 316 g/mol. The molecular formula is C12H17BrN2O3. The van der Waals surface area contributed by atoms with Crippen LogP contribution in [0.25, 0.3) is 0 Å². The Bertz CT molecular complexity index is 503. The van der Waals surface area contributed by atoms with Gasteiger partial charge in [-0.3, -0.25) is 4.79 Å². The van der Waals surface area contributed by atoms with Gasteiger partial charge in [0.1, 0.15) is 5.60 Å². The van der Waals surface area contributed by atoms with Gasteiger partial charge in [-0.2, -0.15) is 0 Å². The van der Waals surface area contributed by atoms with Crippen molar-refractivity contribution in [3.63, 3.8) is 0 Å². The first-order chi connectivity index (χ1) is 8.19. The van der Waals surface area contributed by atoms with Crippen LogP contribution in [-0.4, -0.2) is 16.3 Å². The Morgan fingerprint density at radius 1 is 1.50 bits per heavy atom. The van der Waals surface area contributed by atoms with E-state index in [1.54, 1.807) is 40.1 Å². The molecule has 1 aromatic rings. The number of halogens is 1. The maximum atomic E-state index is 11.8. The molecule has 0 spiro atoms. The Labute approximate surface area is 114 Å². The molecule has 1 rings (SSSR count). The fraction of sp³-hybridized carbons (Fsp3) is 0.500. The predicted octanol–water partition coefficient (Wildman–Crippen LogP) is 2.17. The zero-order chi connectivity index (χ0) is 13.9. The highest BCUT2D eigenvalue weighted by Crippen LogP contribution is 2.09. The molecule has 100 valence electrons. The van der Waals surface area contributed by atoms with E-state index in [9.17, 15) is 9.59 Å². The van der Waals surface area contributed by atoms with Crippen LogP contribution in [0.3, 0.4) is 0 Å². The summed E-state index contributed by atoms with van der Waals surface area (Å²) in [4.78, 5) is 23.2. The predicted molar refractivity (Wildman–Crippen MR) is 72.5 cm³/mol. The highest BCUT2D eigenvalue weighted by atomic mass is 79.9. The SMILES string of the molecule is Cn1cc(Br)cc(CNC(=O)OC(C)(C)C)c1=O. The van der Waals surface area contributed by atoms with E-state index in [-0.39, 0.29) is 12.1 Å². The number of alkyl carbamates (subject to hydrolysis) is 1. The van der Waals surface area contributed by atoms with Crippen LogP contribution >= 0.6 is 15.9 Å². The van der Waals surface area contributed by atoms with Gasteiger partial charge >= 0.3 is 6.09 Å². The van der Waals surface area contributed by atoms with Crippen LogP contribution < -0.4 is 10.9 Å². The maximum absolute atomic E-state index is 11.8. The molecule has 0 radical (unpaired) electrons. The Morgan fingerprint density at radius 3 is 2.67 bits per heavy atom. The van der Waals surface area contributed by atoms with Crippen molar-refractivity contribution in [1.29, 1.82) is 0 Å². The van der Waals surface area contributed by atoms with Crippen LogP contribution in [0.5, 0.6) is 0 Å². The molecule has 0 fully saturated rings. The zero-order valence-corrected chi connectivity index (χ0v) is 12.5. The lowest BCUT2D eigenvalue weighted by molar-refractivity contribution is 0.0523. The van der Waals surface area contributed by atoms with E-state index in [0.29, 0.717) is 5.56 Å². The first-order valence-electron chi connectivity index (χ1n) is 5.51. The molecule has 0 unspecified atom stereocenters. The number of nitrogens with one attached hydrogen (secondary N) is 1. The number of pyridine rings is 1. The lowest BCUT2D eigenvalue weighted by Gasteiger charge is -2.19. The minimum atomic E-state index is -0.549. The molecule has 1 N–H and O–H groups in total. The van der Waals surface area contributed by atoms with Crippen LogP contribution in [0.2, 0.25) is 0 Å². The molecule has 1 heterocycles. The van der Waals surface area contributed by atoms with E-state index in [1.165, 1.54) is 4.57 Å². The maximum Gasteiger partial charge on any atom is 0.407 e. The summed E-state index contributed by atoms with van der Waals surface area (Å²) in [5, 5.41) is 2.56. The van der Waals surface area contributed by atoms with Gasteiger partial charge in [-0.05, 0) is 42.8 Å². The van der Waals surface area contributed by atoms with Crippen molar-refractivity contribution in [3.8, 4) is 0 Å².